The number of benzene rings is 1. The predicted octanol–water partition coefficient (Wildman–Crippen LogP) is 0.919. The van der Waals surface area contributed by atoms with Crippen LogP contribution in [0.5, 0.6) is 0 Å². The molecule has 0 saturated carbocycles. The van der Waals surface area contributed by atoms with Gasteiger partial charge in [-0.2, -0.15) is 5.26 Å². The van der Waals surface area contributed by atoms with Gasteiger partial charge in [-0.3, -0.25) is 9.59 Å². The molecule has 0 heterocycles. The Morgan fingerprint density at radius 1 is 1.24 bits per heavy atom. The molecule has 25 heavy (non-hydrogen) atoms. The van der Waals surface area contributed by atoms with Gasteiger partial charge in [0.25, 0.3) is 0 Å². The Hall–Kier alpha value is -2.88. The summed E-state index contributed by atoms with van der Waals surface area (Å²) in [4.78, 5) is 35.8. The molecule has 7 nitrogen and oxygen atoms in total. The Kier molecular flexibility index (Phi) is 7.60. The fourth-order valence-corrected chi connectivity index (χ4v) is 2.35. The Bertz CT molecular complexity index is 679. The lowest BCUT2D eigenvalue weighted by Crippen LogP contribution is -2.54. The van der Waals surface area contributed by atoms with Crippen molar-refractivity contribution < 1.29 is 19.1 Å². The molecule has 0 aliphatic heterocycles. The quantitative estimate of drug-likeness (QED) is 0.714. The third kappa shape index (κ3) is 6.26. The lowest BCUT2D eigenvalue weighted by Gasteiger charge is -2.24. The molecule has 2 N–H and O–H groups in total. The maximum absolute atomic E-state index is 12.5. The first-order valence-electron chi connectivity index (χ1n) is 7.92. The summed E-state index contributed by atoms with van der Waals surface area (Å²) < 4.78 is 4.76. The zero-order valence-electron chi connectivity index (χ0n) is 14.8. The molecule has 0 aliphatic rings. The summed E-state index contributed by atoms with van der Waals surface area (Å²) in [5.41, 5.74) is 1.18. The van der Waals surface area contributed by atoms with Gasteiger partial charge in [0.15, 0.2) is 0 Å². The van der Waals surface area contributed by atoms with Gasteiger partial charge >= 0.3 is 5.97 Å². The largest absolute Gasteiger partial charge is 0.467 e. The average Bonchev–Trinajstić information content (AvgIpc) is 2.57. The van der Waals surface area contributed by atoms with E-state index >= 15 is 0 Å². The van der Waals surface area contributed by atoms with Crippen LogP contribution >= 0.6 is 0 Å². The molecule has 1 aromatic carbocycles. The Morgan fingerprint density at radius 2 is 1.92 bits per heavy atom. The number of carbonyl (C=O) groups excluding carboxylic acids is 3. The van der Waals surface area contributed by atoms with E-state index in [-0.39, 0.29) is 18.2 Å². The van der Waals surface area contributed by atoms with Gasteiger partial charge in [0, 0.05) is 13.3 Å². The molecule has 1 rings (SSSR count). The molecule has 0 bridgehead atoms. The fourth-order valence-electron chi connectivity index (χ4n) is 2.35. The van der Waals surface area contributed by atoms with Gasteiger partial charge in [0.05, 0.1) is 18.7 Å². The third-order valence-electron chi connectivity index (χ3n) is 3.61. The van der Waals surface area contributed by atoms with Gasteiger partial charge in [-0.25, -0.2) is 4.79 Å². The minimum Gasteiger partial charge on any atom is -0.467 e. The lowest BCUT2D eigenvalue weighted by molar-refractivity contribution is -0.145. The maximum atomic E-state index is 12.5. The molecule has 134 valence electrons. The number of nitrogens with zero attached hydrogens (tertiary/aromatic N) is 1. The van der Waals surface area contributed by atoms with E-state index in [0.717, 1.165) is 5.56 Å². The molecule has 2 atom stereocenters. The normalized spacial score (nSPS) is 12.6. The molecule has 0 saturated heterocycles. The van der Waals surface area contributed by atoms with Gasteiger partial charge in [0.2, 0.25) is 11.8 Å². The van der Waals surface area contributed by atoms with Crippen LogP contribution in [0.4, 0.5) is 0 Å². The van der Waals surface area contributed by atoms with E-state index in [1.54, 1.807) is 38.1 Å². The summed E-state index contributed by atoms with van der Waals surface area (Å²) in [5, 5.41) is 14.2. The predicted molar refractivity (Wildman–Crippen MR) is 91.3 cm³/mol. The fraction of sp³-hybridized carbons (Fsp3) is 0.444. The molecular formula is C18H23N3O4. The number of methoxy groups -OCH3 is 1. The summed E-state index contributed by atoms with van der Waals surface area (Å²) in [6, 6.07) is 7.13. The van der Waals surface area contributed by atoms with Gasteiger partial charge in [0.1, 0.15) is 12.1 Å². The molecule has 1 aromatic rings. The van der Waals surface area contributed by atoms with Crippen LogP contribution in [-0.4, -0.2) is 37.0 Å². The number of nitriles is 1. The number of hydrogen-bond donors (Lipinski definition) is 2. The highest BCUT2D eigenvalue weighted by Gasteiger charge is 2.28. The number of nitrogens with one attached hydrogen (secondary N) is 2. The van der Waals surface area contributed by atoms with Crippen molar-refractivity contribution in [3.8, 4) is 6.07 Å². The van der Waals surface area contributed by atoms with Gasteiger partial charge in [-0.05, 0) is 23.6 Å². The molecular weight excluding hydrogens is 322 g/mol. The number of esters is 1. The highest BCUT2D eigenvalue weighted by molar-refractivity contribution is 5.90. The summed E-state index contributed by atoms with van der Waals surface area (Å²) in [6.07, 6.45) is 0.179. The van der Waals surface area contributed by atoms with Gasteiger partial charge in [-0.15, -0.1) is 0 Å². The summed E-state index contributed by atoms with van der Waals surface area (Å²) in [7, 11) is 1.24. The maximum Gasteiger partial charge on any atom is 0.328 e. The van der Waals surface area contributed by atoms with Crippen LogP contribution in [0.3, 0.4) is 0 Å². The molecule has 0 aliphatic carbocycles. The second-order valence-corrected chi connectivity index (χ2v) is 6.02. The van der Waals surface area contributed by atoms with Crippen molar-refractivity contribution in [2.24, 2.45) is 5.92 Å². The van der Waals surface area contributed by atoms with E-state index in [1.165, 1.54) is 14.0 Å². The van der Waals surface area contributed by atoms with Gasteiger partial charge < -0.3 is 15.4 Å². The third-order valence-corrected chi connectivity index (χ3v) is 3.61. The number of amides is 2. The number of hydrogen-bond acceptors (Lipinski definition) is 5. The Labute approximate surface area is 147 Å². The minimum absolute atomic E-state index is 0.149. The molecule has 7 heteroatoms. The average molecular weight is 345 g/mol. The van der Waals surface area contributed by atoms with Crippen LogP contribution in [0.25, 0.3) is 0 Å². The first-order valence-corrected chi connectivity index (χ1v) is 7.92. The summed E-state index contributed by atoms with van der Waals surface area (Å²) >= 11 is 0. The highest BCUT2D eigenvalue weighted by atomic mass is 16.5. The van der Waals surface area contributed by atoms with Crippen LogP contribution in [0.15, 0.2) is 24.3 Å². The number of rotatable bonds is 7. The molecule has 0 aromatic heterocycles. The minimum atomic E-state index is -0.915. The summed E-state index contributed by atoms with van der Waals surface area (Å²) in [6.45, 7) is 4.92. The van der Waals surface area contributed by atoms with Crippen molar-refractivity contribution in [1.29, 1.82) is 5.26 Å². The lowest BCUT2D eigenvalue weighted by atomic mass is 10.0. The van der Waals surface area contributed by atoms with Crippen LogP contribution < -0.4 is 10.6 Å². The smallest absolute Gasteiger partial charge is 0.328 e. The van der Waals surface area contributed by atoms with Crippen molar-refractivity contribution in [2.45, 2.75) is 39.3 Å². The number of carbonyl (C=O) groups is 3. The highest BCUT2D eigenvalue weighted by Crippen LogP contribution is 2.09. The van der Waals surface area contributed by atoms with Crippen LogP contribution in [-0.2, 0) is 25.5 Å². The van der Waals surface area contributed by atoms with E-state index in [0.29, 0.717) is 5.56 Å². The van der Waals surface area contributed by atoms with Crippen LogP contribution in [0.1, 0.15) is 31.9 Å². The molecule has 0 radical (unpaired) electrons. The summed E-state index contributed by atoms with van der Waals surface area (Å²) in [5.74, 6) is -1.53. The van der Waals surface area contributed by atoms with Crippen molar-refractivity contribution in [3.05, 3.63) is 35.4 Å². The van der Waals surface area contributed by atoms with Crippen molar-refractivity contribution >= 4 is 17.8 Å². The second-order valence-electron chi connectivity index (χ2n) is 6.02. The van der Waals surface area contributed by atoms with Crippen LogP contribution in [0, 0.1) is 17.2 Å². The van der Waals surface area contributed by atoms with E-state index in [9.17, 15) is 14.4 Å². The first-order chi connectivity index (χ1) is 11.8. The molecule has 0 unspecified atom stereocenters. The van der Waals surface area contributed by atoms with Crippen LogP contribution in [0.2, 0.25) is 0 Å². The molecule has 2 amide bonds. The molecule has 0 spiro atoms. The van der Waals surface area contributed by atoms with Crippen molar-refractivity contribution in [2.75, 3.05) is 7.11 Å². The Morgan fingerprint density at radius 3 is 2.44 bits per heavy atom. The molecule has 0 fully saturated rings. The van der Waals surface area contributed by atoms with E-state index in [2.05, 4.69) is 10.6 Å². The van der Waals surface area contributed by atoms with E-state index in [1.807, 2.05) is 6.07 Å². The van der Waals surface area contributed by atoms with Crippen molar-refractivity contribution in [3.63, 3.8) is 0 Å². The number of ether oxygens (including phenoxy) is 1. The van der Waals surface area contributed by atoms with Gasteiger partial charge in [-0.1, -0.05) is 26.0 Å². The van der Waals surface area contributed by atoms with E-state index < -0.39 is 24.0 Å². The monoisotopic (exact) mass is 345 g/mol. The Balaban J connectivity index is 2.95. The zero-order chi connectivity index (χ0) is 19.0. The zero-order valence-corrected chi connectivity index (χ0v) is 14.8. The first kappa shape index (κ1) is 20.2. The second kappa shape index (κ2) is 9.42. The topological polar surface area (TPSA) is 108 Å². The van der Waals surface area contributed by atoms with Crippen molar-refractivity contribution in [1.82, 2.24) is 10.6 Å². The SMILES string of the molecule is COC(=O)[C@H](Cc1cccc(C#N)c1)NC(=O)[C@H](NC(C)=O)C(C)C. The standard InChI is InChI=1S/C18H23N3O4/c1-11(2)16(20-12(3)22)17(23)21-15(18(24)25-4)9-13-6-5-7-14(8-13)10-19/h5-8,11,15-16H,9H2,1-4H3,(H,20,22)(H,21,23)/t15-,16+/m0/s1. The van der Waals surface area contributed by atoms with E-state index in [4.69, 9.17) is 10.00 Å².